The van der Waals surface area contributed by atoms with Gasteiger partial charge in [0, 0.05) is 29.7 Å². The summed E-state index contributed by atoms with van der Waals surface area (Å²) in [6.45, 7) is 4.46. The molecule has 9 heteroatoms. The normalized spacial score (nSPS) is 11.8. The van der Waals surface area contributed by atoms with Crippen LogP contribution in [0.2, 0.25) is 0 Å². The summed E-state index contributed by atoms with van der Waals surface area (Å²) in [4.78, 5) is 32.0. The molecule has 0 fully saturated rings. The number of carbonyl (C=O) groups excluding carboxylic acids is 2. The number of aldehydes is 1. The zero-order valence-electron chi connectivity index (χ0n) is 14.9. The monoisotopic (exact) mass is 381 g/mol. The van der Waals surface area contributed by atoms with Gasteiger partial charge in [-0.2, -0.15) is 13.2 Å². The Labute approximate surface area is 154 Å². The van der Waals surface area contributed by atoms with Gasteiger partial charge in [-0.3, -0.25) is 14.7 Å². The number of nitrogens with zero attached hydrogens (tertiary/aromatic N) is 3. The molecular weight excluding hydrogens is 363 g/mol. The van der Waals surface area contributed by atoms with Crippen LogP contribution in [-0.4, -0.2) is 27.9 Å². The van der Waals surface area contributed by atoms with E-state index in [1.807, 2.05) is 0 Å². The Morgan fingerprint density at radius 1 is 1.19 bits per heavy atom. The van der Waals surface area contributed by atoms with Crippen molar-refractivity contribution in [3.8, 4) is 0 Å². The first-order valence-corrected chi connectivity index (χ1v) is 7.93. The molecule has 27 heavy (non-hydrogen) atoms. The molecule has 2 rings (SSSR count). The van der Waals surface area contributed by atoms with Crippen LogP contribution < -0.4 is 4.90 Å². The third kappa shape index (κ3) is 5.50. The number of aromatic nitrogens is 2. The highest BCUT2D eigenvalue weighted by Crippen LogP contribution is 2.32. The number of amides is 1. The van der Waals surface area contributed by atoms with Crippen LogP contribution in [0.5, 0.6) is 0 Å². The van der Waals surface area contributed by atoms with E-state index in [0.29, 0.717) is 6.29 Å². The molecule has 0 aliphatic heterocycles. The molecule has 0 N–H and O–H groups in total. The molecule has 0 aliphatic rings. The van der Waals surface area contributed by atoms with Crippen LogP contribution in [0.3, 0.4) is 0 Å². The Morgan fingerprint density at radius 3 is 2.41 bits per heavy atom. The molecule has 0 spiro atoms. The molecule has 0 bridgehead atoms. The van der Waals surface area contributed by atoms with Crippen LogP contribution in [-0.2, 0) is 17.5 Å². The summed E-state index contributed by atoms with van der Waals surface area (Å²) in [6.07, 6.45) is -1.62. The van der Waals surface area contributed by atoms with Gasteiger partial charge in [-0.1, -0.05) is 0 Å². The second-order valence-electron chi connectivity index (χ2n) is 6.66. The van der Waals surface area contributed by atoms with Gasteiger partial charge in [-0.05, 0) is 39.0 Å². The summed E-state index contributed by atoms with van der Waals surface area (Å²) in [5, 5.41) is 0. The van der Waals surface area contributed by atoms with E-state index in [2.05, 4.69) is 9.97 Å². The molecule has 0 radical (unpaired) electrons. The Hall–Kier alpha value is -2.97. The maximum atomic E-state index is 13.3. The van der Waals surface area contributed by atoms with Crippen molar-refractivity contribution >= 4 is 18.2 Å². The fraction of sp³-hybridized carbons (Fsp3) is 0.333. The average molecular weight is 381 g/mol. The summed E-state index contributed by atoms with van der Waals surface area (Å²) >= 11 is 0. The lowest BCUT2D eigenvalue weighted by atomic mass is 10.1. The van der Waals surface area contributed by atoms with Gasteiger partial charge >= 0.3 is 12.3 Å². The van der Waals surface area contributed by atoms with E-state index in [4.69, 9.17) is 4.74 Å². The van der Waals surface area contributed by atoms with E-state index in [0.717, 1.165) is 23.4 Å². The van der Waals surface area contributed by atoms with Gasteiger partial charge in [0.05, 0.1) is 12.1 Å². The Kier molecular flexibility index (Phi) is 5.82. The first kappa shape index (κ1) is 20.3. The number of hydrogen-bond donors (Lipinski definition) is 0. The lowest BCUT2D eigenvalue weighted by Gasteiger charge is -2.27. The zero-order valence-corrected chi connectivity index (χ0v) is 14.9. The number of ether oxygens (including phenoxy) is 1. The van der Waals surface area contributed by atoms with Gasteiger partial charge in [-0.25, -0.2) is 9.78 Å². The van der Waals surface area contributed by atoms with Gasteiger partial charge in [0.1, 0.15) is 11.4 Å². The third-order valence-electron chi connectivity index (χ3n) is 3.33. The number of alkyl halides is 3. The van der Waals surface area contributed by atoms with Crippen LogP contribution in [0.1, 0.15) is 42.3 Å². The van der Waals surface area contributed by atoms with Crippen molar-refractivity contribution in [1.29, 1.82) is 0 Å². The average Bonchev–Trinajstić information content (AvgIpc) is 2.57. The van der Waals surface area contributed by atoms with Crippen molar-refractivity contribution in [1.82, 2.24) is 9.97 Å². The van der Waals surface area contributed by atoms with Crippen molar-refractivity contribution in [2.75, 3.05) is 4.90 Å². The first-order valence-electron chi connectivity index (χ1n) is 7.93. The van der Waals surface area contributed by atoms with Crippen molar-refractivity contribution < 1.29 is 27.5 Å². The van der Waals surface area contributed by atoms with Crippen LogP contribution in [0.4, 0.5) is 23.8 Å². The lowest BCUT2D eigenvalue weighted by molar-refractivity contribution is -0.138. The molecule has 2 heterocycles. The fourth-order valence-electron chi connectivity index (χ4n) is 2.18. The summed E-state index contributed by atoms with van der Waals surface area (Å²) in [7, 11) is 0. The van der Waals surface area contributed by atoms with E-state index in [9.17, 15) is 22.8 Å². The summed E-state index contributed by atoms with van der Waals surface area (Å²) in [6, 6.07) is 3.60. The quantitative estimate of drug-likeness (QED) is 0.741. The maximum absolute atomic E-state index is 13.3. The third-order valence-corrected chi connectivity index (χ3v) is 3.33. The molecule has 0 atom stereocenters. The highest BCUT2D eigenvalue weighted by molar-refractivity contribution is 5.87. The molecule has 0 aromatic carbocycles. The van der Waals surface area contributed by atoms with Gasteiger partial charge in [0.25, 0.3) is 0 Å². The Balaban J connectivity index is 2.44. The molecule has 1 amide bonds. The smallest absolute Gasteiger partial charge is 0.416 e. The molecule has 0 saturated carbocycles. The van der Waals surface area contributed by atoms with E-state index in [1.54, 1.807) is 20.8 Å². The van der Waals surface area contributed by atoms with Gasteiger partial charge < -0.3 is 4.74 Å². The number of halogens is 3. The van der Waals surface area contributed by atoms with Crippen LogP contribution in [0.15, 0.2) is 36.8 Å². The lowest BCUT2D eigenvalue weighted by Crippen LogP contribution is -2.37. The van der Waals surface area contributed by atoms with E-state index < -0.39 is 30.0 Å². The van der Waals surface area contributed by atoms with Crippen molar-refractivity contribution in [3.05, 3.63) is 53.5 Å². The van der Waals surface area contributed by atoms with Crippen LogP contribution in [0, 0.1) is 0 Å². The minimum atomic E-state index is -4.60. The molecule has 0 aliphatic carbocycles. The van der Waals surface area contributed by atoms with E-state index >= 15 is 0 Å². The molecule has 0 unspecified atom stereocenters. The second kappa shape index (κ2) is 7.73. The predicted molar refractivity (Wildman–Crippen MR) is 91.3 cm³/mol. The summed E-state index contributed by atoms with van der Waals surface area (Å²) < 4.78 is 45.1. The van der Waals surface area contributed by atoms with Crippen LogP contribution in [0.25, 0.3) is 0 Å². The molecule has 144 valence electrons. The minimum absolute atomic E-state index is 0.0480. The van der Waals surface area contributed by atoms with Crippen LogP contribution >= 0.6 is 0 Å². The largest absolute Gasteiger partial charge is 0.443 e. The van der Waals surface area contributed by atoms with Crippen molar-refractivity contribution in [2.24, 2.45) is 0 Å². The van der Waals surface area contributed by atoms with E-state index in [1.165, 1.54) is 18.3 Å². The Morgan fingerprint density at radius 2 is 1.89 bits per heavy atom. The molecule has 0 saturated heterocycles. The Bertz CT molecular complexity index is 815. The topological polar surface area (TPSA) is 72.4 Å². The van der Waals surface area contributed by atoms with Crippen molar-refractivity contribution in [3.63, 3.8) is 0 Å². The minimum Gasteiger partial charge on any atom is -0.443 e. The molecular formula is C18H18F3N3O3. The van der Waals surface area contributed by atoms with Crippen molar-refractivity contribution in [2.45, 2.75) is 39.1 Å². The number of anilines is 1. The van der Waals surface area contributed by atoms with E-state index in [-0.39, 0.29) is 16.9 Å². The second-order valence-corrected chi connectivity index (χ2v) is 6.66. The fourth-order valence-corrected chi connectivity index (χ4v) is 2.18. The SMILES string of the molecule is CC(C)(C)OC(=O)N(Cc1cnccc1C(F)(F)F)c1ccc(C=O)cn1. The highest BCUT2D eigenvalue weighted by Gasteiger charge is 2.35. The summed E-state index contributed by atoms with van der Waals surface area (Å²) in [5.41, 5.74) is -1.72. The first-order chi connectivity index (χ1) is 12.5. The number of rotatable bonds is 4. The zero-order chi connectivity index (χ0) is 20.2. The maximum Gasteiger partial charge on any atom is 0.416 e. The molecule has 2 aromatic rings. The number of carbonyl (C=O) groups is 2. The number of pyridine rings is 2. The van der Waals surface area contributed by atoms with Gasteiger partial charge in [0.2, 0.25) is 0 Å². The highest BCUT2D eigenvalue weighted by atomic mass is 19.4. The summed E-state index contributed by atoms with van der Waals surface area (Å²) in [5.74, 6) is 0.0480. The number of hydrogen-bond acceptors (Lipinski definition) is 5. The molecule has 6 nitrogen and oxygen atoms in total. The standard InChI is InChI=1S/C18H18F3N3O3/c1-17(2,3)27-16(26)24(15-5-4-12(11-25)8-23-15)10-13-9-22-7-6-14(13)18(19,20)21/h4-9,11H,10H2,1-3H3. The van der Waals surface area contributed by atoms with Gasteiger partial charge in [-0.15, -0.1) is 0 Å². The molecule has 2 aromatic heterocycles. The van der Waals surface area contributed by atoms with Gasteiger partial charge in [0.15, 0.2) is 6.29 Å². The predicted octanol–water partition coefficient (Wildman–Crippen LogP) is 4.25.